The number of carbonyl (C=O) groups excluding carboxylic acids is 1. The van der Waals surface area contributed by atoms with Crippen molar-refractivity contribution in [1.29, 1.82) is 0 Å². The summed E-state index contributed by atoms with van der Waals surface area (Å²) in [4.78, 5) is 16.4. The Bertz CT molecular complexity index is 706. The number of rotatable bonds is 7. The van der Waals surface area contributed by atoms with Crippen LogP contribution in [-0.2, 0) is 4.79 Å². The van der Waals surface area contributed by atoms with E-state index in [2.05, 4.69) is 11.9 Å². The summed E-state index contributed by atoms with van der Waals surface area (Å²) in [7, 11) is 0. The largest absolute Gasteiger partial charge is 0.338 e. The predicted octanol–water partition coefficient (Wildman–Crippen LogP) is 3.81. The minimum Gasteiger partial charge on any atom is -0.338 e. The van der Waals surface area contributed by atoms with Crippen LogP contribution in [0, 0.1) is 11.7 Å². The van der Waals surface area contributed by atoms with Gasteiger partial charge in [-0.25, -0.2) is 9.37 Å². The lowest BCUT2D eigenvalue weighted by molar-refractivity contribution is -0.118. The number of nitrogens with two attached hydrogens (primary N) is 1. The molecule has 4 nitrogen and oxygen atoms in total. The van der Waals surface area contributed by atoms with E-state index in [-0.39, 0.29) is 17.5 Å². The van der Waals surface area contributed by atoms with Crippen molar-refractivity contribution in [3.8, 4) is 11.3 Å². The summed E-state index contributed by atoms with van der Waals surface area (Å²) < 4.78 is 15.5. The summed E-state index contributed by atoms with van der Waals surface area (Å²) >= 11 is 0. The molecule has 0 amide bonds. The maximum Gasteiger partial charge on any atom is 0.158 e. The van der Waals surface area contributed by atoms with Gasteiger partial charge in [0.2, 0.25) is 0 Å². The van der Waals surface area contributed by atoms with E-state index in [1.807, 2.05) is 6.92 Å². The van der Waals surface area contributed by atoms with Gasteiger partial charge in [0, 0.05) is 17.0 Å². The summed E-state index contributed by atoms with van der Waals surface area (Å²) in [5.41, 5.74) is 1.53. The van der Waals surface area contributed by atoms with Gasteiger partial charge in [-0.2, -0.15) is 0 Å². The molecule has 1 aromatic carbocycles. The molecule has 122 valence electrons. The highest BCUT2D eigenvalue weighted by Crippen LogP contribution is 2.25. The third-order valence-electron chi connectivity index (χ3n) is 3.88. The SMILES string of the molecule is CCCC(CC)C(=O)/C=C/c1c(F)cccc1-c1cn(N)cn1. The summed E-state index contributed by atoms with van der Waals surface area (Å²) in [5, 5.41) is 0. The Morgan fingerprint density at radius 1 is 1.43 bits per heavy atom. The van der Waals surface area contributed by atoms with Crippen molar-refractivity contribution in [3.63, 3.8) is 0 Å². The predicted molar refractivity (Wildman–Crippen MR) is 90.5 cm³/mol. The highest BCUT2D eigenvalue weighted by atomic mass is 19.1. The zero-order valence-electron chi connectivity index (χ0n) is 13.5. The molecule has 0 saturated heterocycles. The van der Waals surface area contributed by atoms with Crippen LogP contribution in [-0.4, -0.2) is 15.4 Å². The lowest BCUT2D eigenvalue weighted by Crippen LogP contribution is -2.10. The van der Waals surface area contributed by atoms with Crippen molar-refractivity contribution in [2.45, 2.75) is 33.1 Å². The zero-order valence-corrected chi connectivity index (χ0v) is 13.5. The van der Waals surface area contributed by atoms with Gasteiger partial charge in [-0.3, -0.25) is 9.47 Å². The van der Waals surface area contributed by atoms with Crippen molar-refractivity contribution < 1.29 is 9.18 Å². The number of ketones is 1. The summed E-state index contributed by atoms with van der Waals surface area (Å²) in [6, 6.07) is 4.75. The Morgan fingerprint density at radius 3 is 2.83 bits per heavy atom. The Kier molecular flexibility index (Phi) is 5.68. The van der Waals surface area contributed by atoms with Gasteiger partial charge in [0.05, 0.1) is 11.9 Å². The van der Waals surface area contributed by atoms with Crippen molar-refractivity contribution in [2.24, 2.45) is 5.92 Å². The Labute approximate surface area is 135 Å². The molecule has 0 fully saturated rings. The molecule has 0 bridgehead atoms. The van der Waals surface area contributed by atoms with Crippen molar-refractivity contribution >= 4 is 11.9 Å². The molecule has 2 aromatic rings. The Morgan fingerprint density at radius 2 is 2.22 bits per heavy atom. The van der Waals surface area contributed by atoms with Gasteiger partial charge in [-0.15, -0.1) is 0 Å². The number of hydrogen-bond acceptors (Lipinski definition) is 3. The third-order valence-corrected chi connectivity index (χ3v) is 3.88. The minimum absolute atomic E-state index is 0.00489. The molecule has 0 saturated carbocycles. The first-order chi connectivity index (χ1) is 11.1. The van der Waals surface area contributed by atoms with E-state index in [0.29, 0.717) is 16.8 Å². The third kappa shape index (κ3) is 4.06. The van der Waals surface area contributed by atoms with Gasteiger partial charge >= 0.3 is 0 Å². The summed E-state index contributed by atoms with van der Waals surface area (Å²) in [6.07, 6.45) is 8.68. The average Bonchev–Trinajstić information content (AvgIpc) is 2.97. The standard InChI is InChI=1S/C18H22FN3O/c1-3-6-13(4-2)18(23)10-9-14-15(7-5-8-16(14)19)17-11-22(20)12-21-17/h5,7-13H,3-4,6,20H2,1-2H3/b10-9+. The molecule has 2 N–H and O–H groups in total. The van der Waals surface area contributed by atoms with Gasteiger partial charge < -0.3 is 5.84 Å². The molecule has 23 heavy (non-hydrogen) atoms. The molecule has 1 aromatic heterocycles. The molecule has 5 heteroatoms. The van der Waals surface area contributed by atoms with E-state index in [9.17, 15) is 9.18 Å². The number of imidazole rings is 1. The number of allylic oxidation sites excluding steroid dienone is 1. The van der Waals surface area contributed by atoms with Crippen LogP contribution in [0.5, 0.6) is 0 Å². The van der Waals surface area contributed by atoms with Gasteiger partial charge in [0.1, 0.15) is 12.1 Å². The smallest absolute Gasteiger partial charge is 0.158 e. The molecule has 0 aliphatic carbocycles. The van der Waals surface area contributed by atoms with Crippen LogP contribution in [0.1, 0.15) is 38.7 Å². The number of nitrogens with zero attached hydrogens (tertiary/aromatic N) is 2. The Hall–Kier alpha value is -2.43. The van der Waals surface area contributed by atoms with Gasteiger partial charge in [-0.1, -0.05) is 32.4 Å². The molecule has 1 unspecified atom stereocenters. The first-order valence-corrected chi connectivity index (χ1v) is 7.86. The van der Waals surface area contributed by atoms with Crippen LogP contribution in [0.25, 0.3) is 17.3 Å². The average molecular weight is 315 g/mol. The molecule has 0 aliphatic rings. The lowest BCUT2D eigenvalue weighted by Gasteiger charge is -2.09. The van der Waals surface area contributed by atoms with Crippen LogP contribution in [0.15, 0.2) is 36.8 Å². The Balaban J connectivity index is 2.32. The van der Waals surface area contributed by atoms with Crippen LogP contribution in [0.3, 0.4) is 0 Å². The molecule has 1 heterocycles. The summed E-state index contributed by atoms with van der Waals surface area (Å²) in [6.45, 7) is 4.05. The number of halogens is 1. The van der Waals surface area contributed by atoms with Gasteiger partial charge in [-0.05, 0) is 31.1 Å². The highest BCUT2D eigenvalue weighted by molar-refractivity contribution is 5.96. The van der Waals surface area contributed by atoms with Crippen molar-refractivity contribution in [1.82, 2.24) is 9.66 Å². The first-order valence-electron chi connectivity index (χ1n) is 7.86. The van der Waals surface area contributed by atoms with Crippen LogP contribution < -0.4 is 5.84 Å². The fourth-order valence-corrected chi connectivity index (χ4v) is 2.60. The second kappa shape index (κ2) is 7.72. The molecular weight excluding hydrogens is 293 g/mol. The zero-order chi connectivity index (χ0) is 16.8. The van der Waals surface area contributed by atoms with Crippen molar-refractivity contribution in [2.75, 3.05) is 5.84 Å². The number of benzene rings is 1. The van der Waals surface area contributed by atoms with E-state index in [0.717, 1.165) is 19.3 Å². The number of nitrogen functional groups attached to an aromatic ring is 1. The fraction of sp³-hybridized carbons (Fsp3) is 0.333. The monoisotopic (exact) mass is 315 g/mol. The molecule has 0 radical (unpaired) electrons. The van der Waals surface area contributed by atoms with E-state index in [1.54, 1.807) is 24.4 Å². The molecule has 0 spiro atoms. The highest BCUT2D eigenvalue weighted by Gasteiger charge is 2.14. The van der Waals surface area contributed by atoms with Gasteiger partial charge in [0.25, 0.3) is 0 Å². The summed E-state index contributed by atoms with van der Waals surface area (Å²) in [5.74, 6) is 5.25. The maximum absolute atomic E-state index is 14.2. The molecule has 2 rings (SSSR count). The number of aromatic nitrogens is 2. The second-order valence-electron chi connectivity index (χ2n) is 5.54. The van der Waals surface area contributed by atoms with Crippen molar-refractivity contribution in [3.05, 3.63) is 48.2 Å². The topological polar surface area (TPSA) is 60.9 Å². The fourth-order valence-electron chi connectivity index (χ4n) is 2.60. The second-order valence-corrected chi connectivity index (χ2v) is 5.54. The van der Waals surface area contributed by atoms with E-state index >= 15 is 0 Å². The quantitative estimate of drug-likeness (QED) is 0.624. The molecule has 1 atom stereocenters. The van der Waals surface area contributed by atoms with E-state index in [1.165, 1.54) is 23.1 Å². The van der Waals surface area contributed by atoms with E-state index in [4.69, 9.17) is 5.84 Å². The van der Waals surface area contributed by atoms with Gasteiger partial charge in [0.15, 0.2) is 5.78 Å². The molecular formula is C18H22FN3O. The lowest BCUT2D eigenvalue weighted by atomic mass is 9.94. The number of carbonyl (C=O) groups is 1. The first kappa shape index (κ1) is 16.9. The normalized spacial score (nSPS) is 12.7. The number of hydrogen-bond donors (Lipinski definition) is 1. The van der Waals surface area contributed by atoms with Crippen LogP contribution >= 0.6 is 0 Å². The minimum atomic E-state index is -0.387. The van der Waals surface area contributed by atoms with E-state index < -0.39 is 0 Å². The van der Waals surface area contributed by atoms with Crippen LogP contribution in [0.4, 0.5) is 4.39 Å². The maximum atomic E-state index is 14.2. The van der Waals surface area contributed by atoms with Crippen LogP contribution in [0.2, 0.25) is 0 Å². The molecule has 0 aliphatic heterocycles.